The van der Waals surface area contributed by atoms with Gasteiger partial charge in [-0.15, -0.1) is 0 Å². The van der Waals surface area contributed by atoms with Crippen LogP contribution < -0.4 is 25.5 Å². The predicted octanol–water partition coefficient (Wildman–Crippen LogP) is 5.28. The summed E-state index contributed by atoms with van der Waals surface area (Å²) in [5.41, 5.74) is 8.29. The fraction of sp³-hybridized carbons (Fsp3) is 0.265. The van der Waals surface area contributed by atoms with Gasteiger partial charge in [0.2, 0.25) is 0 Å². The molecule has 2 atom stereocenters. The number of ether oxygens (including phenoxy) is 3. The maximum Gasteiger partial charge on any atom is 0.337 e. The lowest BCUT2D eigenvalue weighted by Gasteiger charge is -2.28. The molecule has 4 N–H and O–H groups in total. The number of aliphatic hydroxyl groups is 1. The first kappa shape index (κ1) is 32.6. The maximum atomic E-state index is 12.5. The number of hydrazone groups is 1. The molecule has 0 spiro atoms. The van der Waals surface area contributed by atoms with Crippen LogP contribution in [-0.2, 0) is 16.1 Å². The number of methoxy groups -OCH3 is 1. The van der Waals surface area contributed by atoms with Crippen molar-refractivity contribution in [1.82, 2.24) is 20.6 Å². The summed E-state index contributed by atoms with van der Waals surface area (Å²) in [4.78, 5) is 24.7. The zero-order valence-corrected chi connectivity index (χ0v) is 27.6. The molecule has 0 unspecified atom stereocenters. The summed E-state index contributed by atoms with van der Waals surface area (Å²) in [6, 6.07) is 20.3. The molecule has 0 saturated heterocycles. The highest BCUT2D eigenvalue weighted by Crippen LogP contribution is 2.35. The van der Waals surface area contributed by atoms with E-state index in [-0.39, 0.29) is 12.2 Å². The number of aliphatic hydroxyl groups excluding tert-OH is 1. The van der Waals surface area contributed by atoms with Gasteiger partial charge in [-0.3, -0.25) is 5.43 Å². The average Bonchev–Trinajstić information content (AvgIpc) is 3.30. The number of fused-ring (bicyclic) bond motifs is 1. The van der Waals surface area contributed by atoms with Crippen molar-refractivity contribution in [3.05, 3.63) is 105 Å². The number of hydrogen-bond acceptors (Lipinski definition) is 8. The highest BCUT2D eigenvalue weighted by molar-refractivity contribution is 9.10. The third-order valence-corrected chi connectivity index (χ3v) is 8.15. The van der Waals surface area contributed by atoms with E-state index < -0.39 is 24.3 Å². The topological polar surface area (TPSA) is 135 Å². The molecule has 1 aromatic heterocycles. The van der Waals surface area contributed by atoms with Gasteiger partial charge in [0.15, 0.2) is 17.7 Å². The first-order valence-corrected chi connectivity index (χ1v) is 15.5. The largest absolute Gasteiger partial charge is 0.490 e. The minimum absolute atomic E-state index is 0.127. The second kappa shape index (κ2) is 14.5. The van der Waals surface area contributed by atoms with Crippen molar-refractivity contribution in [3.8, 4) is 11.5 Å². The molecule has 2 amide bonds. The van der Waals surface area contributed by atoms with Crippen molar-refractivity contribution in [1.29, 1.82) is 0 Å². The third-order valence-electron chi connectivity index (χ3n) is 7.62. The zero-order chi connectivity index (χ0) is 32.8. The number of urea groups is 1. The second-order valence-corrected chi connectivity index (χ2v) is 11.6. The number of aromatic nitrogens is 1. The number of carbonyl (C=O) groups is 2. The molecule has 11 nitrogen and oxygen atoms in total. The molecule has 240 valence electrons. The SMILES string of the molecule is CCOc1cc([C@@H]2NC(=O)NC(C)=C2C(=O)OC)ccc1OC[C@@H](O)N/N=C\c1c(C)n(Cc2ccc(Br)cc2)c2ccccc12. The molecule has 0 saturated carbocycles. The predicted molar refractivity (Wildman–Crippen MR) is 179 cm³/mol. The lowest BCUT2D eigenvalue weighted by Crippen LogP contribution is -2.45. The summed E-state index contributed by atoms with van der Waals surface area (Å²) in [7, 11) is 1.28. The Morgan fingerprint density at radius 2 is 1.87 bits per heavy atom. The molecule has 1 aliphatic rings. The third kappa shape index (κ3) is 7.19. The molecule has 0 radical (unpaired) electrons. The van der Waals surface area contributed by atoms with Gasteiger partial charge in [0.1, 0.15) is 6.61 Å². The fourth-order valence-electron chi connectivity index (χ4n) is 5.41. The number of halogens is 1. The Balaban J connectivity index is 1.28. The van der Waals surface area contributed by atoms with Crippen LogP contribution in [0.4, 0.5) is 4.79 Å². The number of carbonyl (C=O) groups excluding carboxylic acids is 2. The smallest absolute Gasteiger partial charge is 0.337 e. The Morgan fingerprint density at radius 1 is 1.11 bits per heavy atom. The normalized spacial score (nSPS) is 15.4. The van der Waals surface area contributed by atoms with Crippen molar-refractivity contribution < 1.29 is 28.9 Å². The van der Waals surface area contributed by atoms with Crippen molar-refractivity contribution in [2.24, 2.45) is 5.10 Å². The average molecular weight is 691 g/mol. The summed E-state index contributed by atoms with van der Waals surface area (Å²) < 4.78 is 19.9. The highest BCUT2D eigenvalue weighted by atomic mass is 79.9. The first-order valence-electron chi connectivity index (χ1n) is 14.7. The van der Waals surface area contributed by atoms with Crippen LogP contribution in [0, 0.1) is 6.92 Å². The van der Waals surface area contributed by atoms with Gasteiger partial charge in [-0.1, -0.05) is 52.3 Å². The van der Waals surface area contributed by atoms with E-state index in [0.717, 1.165) is 26.6 Å². The van der Waals surface area contributed by atoms with Crippen LogP contribution in [0.2, 0.25) is 0 Å². The Kier molecular flexibility index (Phi) is 10.3. The van der Waals surface area contributed by atoms with E-state index in [1.54, 1.807) is 31.3 Å². The van der Waals surface area contributed by atoms with E-state index in [0.29, 0.717) is 35.9 Å². The maximum absolute atomic E-state index is 12.5. The van der Waals surface area contributed by atoms with Crippen LogP contribution in [0.1, 0.15) is 42.3 Å². The summed E-state index contributed by atoms with van der Waals surface area (Å²) in [5.74, 6) is 0.204. The molecule has 46 heavy (non-hydrogen) atoms. The van der Waals surface area contributed by atoms with Gasteiger partial charge in [-0.2, -0.15) is 5.10 Å². The van der Waals surface area contributed by atoms with E-state index >= 15 is 0 Å². The number of nitrogens with zero attached hydrogens (tertiary/aromatic N) is 2. The highest BCUT2D eigenvalue weighted by Gasteiger charge is 2.32. The van der Waals surface area contributed by atoms with E-state index in [9.17, 15) is 14.7 Å². The molecule has 0 fully saturated rings. The van der Waals surface area contributed by atoms with Gasteiger partial charge in [0.05, 0.1) is 31.5 Å². The lowest BCUT2D eigenvalue weighted by molar-refractivity contribution is -0.136. The van der Waals surface area contributed by atoms with Gasteiger partial charge < -0.3 is 34.5 Å². The molecule has 0 bridgehead atoms. The molecule has 5 rings (SSSR count). The number of hydrogen-bond donors (Lipinski definition) is 4. The molecular formula is C34H36BrN5O6. The van der Waals surface area contributed by atoms with Crippen molar-refractivity contribution in [3.63, 3.8) is 0 Å². The van der Waals surface area contributed by atoms with E-state index in [1.165, 1.54) is 12.7 Å². The number of rotatable bonds is 12. The summed E-state index contributed by atoms with van der Waals surface area (Å²) >= 11 is 3.50. The van der Waals surface area contributed by atoms with Crippen LogP contribution >= 0.6 is 15.9 Å². The Hall–Kier alpha value is -4.81. The fourth-order valence-corrected chi connectivity index (χ4v) is 5.67. The van der Waals surface area contributed by atoms with Gasteiger partial charge in [-0.05, 0) is 62.2 Å². The van der Waals surface area contributed by atoms with Gasteiger partial charge >= 0.3 is 12.0 Å². The minimum Gasteiger partial charge on any atom is -0.490 e. The number of allylic oxidation sites excluding steroid dienone is 1. The van der Waals surface area contributed by atoms with E-state index in [1.807, 2.05) is 31.2 Å². The number of benzene rings is 3. The van der Waals surface area contributed by atoms with Crippen molar-refractivity contribution in [2.75, 3.05) is 20.3 Å². The number of para-hydroxylation sites is 1. The summed E-state index contributed by atoms with van der Waals surface area (Å²) in [6.07, 6.45) is 0.586. The van der Waals surface area contributed by atoms with Crippen LogP contribution in [0.3, 0.4) is 0 Å². The monoisotopic (exact) mass is 689 g/mol. The second-order valence-electron chi connectivity index (χ2n) is 10.6. The van der Waals surface area contributed by atoms with Crippen LogP contribution in [0.25, 0.3) is 10.9 Å². The van der Waals surface area contributed by atoms with Crippen LogP contribution in [0.15, 0.2) is 87.6 Å². The molecule has 0 aliphatic carbocycles. The van der Waals surface area contributed by atoms with E-state index in [2.05, 4.69) is 72.8 Å². The zero-order valence-electron chi connectivity index (χ0n) is 26.0. The number of nitrogens with one attached hydrogen (secondary N) is 3. The van der Waals surface area contributed by atoms with Gasteiger partial charge in [-0.25, -0.2) is 9.59 Å². The molecule has 3 aromatic carbocycles. The number of amides is 2. The quantitative estimate of drug-likeness (QED) is 0.0688. The Morgan fingerprint density at radius 3 is 2.61 bits per heavy atom. The minimum atomic E-state index is -1.12. The molecule has 12 heteroatoms. The van der Waals surface area contributed by atoms with Crippen molar-refractivity contribution >= 4 is 45.0 Å². The molecular weight excluding hydrogens is 654 g/mol. The summed E-state index contributed by atoms with van der Waals surface area (Å²) in [6.45, 7) is 6.45. The Labute approximate surface area is 275 Å². The molecule has 1 aliphatic heterocycles. The van der Waals surface area contributed by atoms with Crippen LogP contribution in [-0.4, -0.2) is 54.4 Å². The van der Waals surface area contributed by atoms with Gasteiger partial charge in [0, 0.05) is 38.9 Å². The van der Waals surface area contributed by atoms with Crippen LogP contribution in [0.5, 0.6) is 11.5 Å². The Bertz CT molecular complexity index is 1800. The van der Waals surface area contributed by atoms with E-state index in [4.69, 9.17) is 14.2 Å². The molecule has 4 aromatic rings. The van der Waals surface area contributed by atoms with Gasteiger partial charge in [0.25, 0.3) is 0 Å². The molecule has 2 heterocycles. The first-order chi connectivity index (χ1) is 22.2. The number of esters is 1. The summed E-state index contributed by atoms with van der Waals surface area (Å²) in [5, 5.41) is 21.4. The standard InChI is InChI=1S/C34H36BrN5O6/c1-5-45-29-16-23(32-31(33(42)44-4)20(2)37-34(43)38-32)12-15-28(29)46-19-30(41)39-36-17-26-21(3)40(27-9-7-6-8-25(26)27)18-22-10-13-24(35)14-11-22/h6-17,30,32,39,41H,5,18-19H2,1-4H3,(H2,37,38,43)/b36-17-/t30-,32+/m1/s1. The van der Waals surface area contributed by atoms with Crippen molar-refractivity contribution in [2.45, 2.75) is 39.6 Å². The lowest BCUT2D eigenvalue weighted by atomic mass is 9.95.